The molecular weight excluding hydrogens is 445 g/mol. The van der Waals surface area contributed by atoms with E-state index in [0.29, 0.717) is 27.5 Å². The van der Waals surface area contributed by atoms with E-state index in [2.05, 4.69) is 9.88 Å². The predicted octanol–water partition coefficient (Wildman–Crippen LogP) is 4.98. The Hall–Kier alpha value is -2.06. The zero-order valence-electron chi connectivity index (χ0n) is 17.0. The summed E-state index contributed by atoms with van der Waals surface area (Å²) in [6.45, 7) is 1.24. The molecule has 0 fully saturated rings. The van der Waals surface area contributed by atoms with Crippen LogP contribution in [0.4, 0.5) is 5.13 Å². The number of hydrogen-bond donors (Lipinski definition) is 0. The van der Waals surface area contributed by atoms with Gasteiger partial charge in [-0.2, -0.15) is 0 Å². The van der Waals surface area contributed by atoms with Crippen molar-refractivity contribution in [2.75, 3.05) is 45.8 Å². The molecule has 0 bridgehead atoms. The van der Waals surface area contributed by atoms with Crippen molar-refractivity contribution >= 4 is 55.8 Å². The minimum Gasteiger partial charge on any atom is -0.497 e. The summed E-state index contributed by atoms with van der Waals surface area (Å²) >= 11 is 13.5. The minimum absolute atomic E-state index is 0.150. The summed E-state index contributed by atoms with van der Waals surface area (Å²) in [5.74, 6) is 0.952. The molecular formula is C21H23Cl2N3O3S. The van der Waals surface area contributed by atoms with E-state index < -0.39 is 0 Å². The van der Waals surface area contributed by atoms with Gasteiger partial charge in [0.15, 0.2) is 11.7 Å². The van der Waals surface area contributed by atoms with Crippen LogP contribution >= 0.6 is 34.5 Å². The normalized spacial score (nSPS) is 11.1. The Kier molecular flexibility index (Phi) is 7.77. The summed E-state index contributed by atoms with van der Waals surface area (Å²) in [6, 6.07) is 10.6. The van der Waals surface area contributed by atoms with Crippen LogP contribution < -0.4 is 14.4 Å². The molecule has 9 heteroatoms. The van der Waals surface area contributed by atoms with Gasteiger partial charge in [0, 0.05) is 17.6 Å². The first kappa shape index (κ1) is 22.6. The lowest BCUT2D eigenvalue weighted by Gasteiger charge is -2.21. The zero-order valence-corrected chi connectivity index (χ0v) is 19.4. The Morgan fingerprint density at radius 3 is 2.63 bits per heavy atom. The lowest BCUT2D eigenvalue weighted by molar-refractivity contribution is -0.120. The van der Waals surface area contributed by atoms with Crippen molar-refractivity contribution in [1.29, 1.82) is 0 Å². The molecule has 1 aromatic heterocycles. The number of carbonyl (C=O) groups excluding carboxylic acids is 1. The second-order valence-electron chi connectivity index (χ2n) is 6.90. The summed E-state index contributed by atoms with van der Waals surface area (Å²) in [5, 5.41) is 1.50. The van der Waals surface area contributed by atoms with Crippen LogP contribution in [0.2, 0.25) is 10.0 Å². The van der Waals surface area contributed by atoms with Crippen molar-refractivity contribution in [3.63, 3.8) is 0 Å². The monoisotopic (exact) mass is 467 g/mol. The summed E-state index contributed by atoms with van der Waals surface area (Å²) in [4.78, 5) is 21.4. The summed E-state index contributed by atoms with van der Waals surface area (Å²) < 4.78 is 11.9. The van der Waals surface area contributed by atoms with Gasteiger partial charge in [0.05, 0.1) is 22.3 Å². The van der Waals surface area contributed by atoms with Gasteiger partial charge in [-0.15, -0.1) is 0 Å². The molecule has 0 N–H and O–H groups in total. The molecule has 0 radical (unpaired) electrons. The molecule has 160 valence electrons. The van der Waals surface area contributed by atoms with Gasteiger partial charge in [-0.1, -0.05) is 34.5 Å². The number of rotatable bonds is 9. The molecule has 0 aliphatic rings. The highest BCUT2D eigenvalue weighted by Crippen LogP contribution is 2.32. The Morgan fingerprint density at radius 2 is 1.93 bits per heavy atom. The molecule has 0 saturated heterocycles. The van der Waals surface area contributed by atoms with Crippen molar-refractivity contribution in [1.82, 2.24) is 9.88 Å². The van der Waals surface area contributed by atoms with Gasteiger partial charge in [-0.3, -0.25) is 9.69 Å². The van der Waals surface area contributed by atoms with Crippen LogP contribution in [0.25, 0.3) is 10.2 Å². The first-order chi connectivity index (χ1) is 14.4. The number of ether oxygens (including phenoxy) is 2. The molecule has 30 heavy (non-hydrogen) atoms. The van der Waals surface area contributed by atoms with E-state index in [1.54, 1.807) is 30.2 Å². The third-order valence-corrected chi connectivity index (χ3v) is 5.94. The fourth-order valence-electron chi connectivity index (χ4n) is 2.82. The fourth-order valence-corrected chi connectivity index (χ4v) is 4.27. The summed E-state index contributed by atoms with van der Waals surface area (Å²) in [6.07, 6.45) is 0.805. The van der Waals surface area contributed by atoms with Crippen LogP contribution in [0.1, 0.15) is 6.42 Å². The Bertz CT molecular complexity index is 1030. The number of aromatic nitrogens is 1. The van der Waals surface area contributed by atoms with Crippen LogP contribution in [0.15, 0.2) is 36.4 Å². The number of methoxy groups -OCH3 is 1. The number of nitrogens with zero attached hydrogens (tertiary/aromatic N) is 3. The predicted molar refractivity (Wildman–Crippen MR) is 124 cm³/mol. The van der Waals surface area contributed by atoms with Crippen LogP contribution in [-0.2, 0) is 4.79 Å². The van der Waals surface area contributed by atoms with E-state index in [0.717, 1.165) is 28.9 Å². The van der Waals surface area contributed by atoms with E-state index in [1.165, 1.54) is 11.3 Å². The van der Waals surface area contributed by atoms with Crippen LogP contribution in [0.5, 0.6) is 11.5 Å². The van der Waals surface area contributed by atoms with Gasteiger partial charge >= 0.3 is 0 Å². The molecule has 3 aromatic rings. The number of thiazole rings is 1. The molecule has 0 atom stereocenters. The summed E-state index contributed by atoms with van der Waals surface area (Å²) in [5.41, 5.74) is 0.793. The fraction of sp³-hybridized carbons (Fsp3) is 0.333. The largest absolute Gasteiger partial charge is 0.497 e. The third kappa shape index (κ3) is 5.76. The maximum atomic E-state index is 13.0. The molecule has 0 saturated carbocycles. The molecule has 0 aliphatic heterocycles. The van der Waals surface area contributed by atoms with Crippen LogP contribution in [0.3, 0.4) is 0 Å². The van der Waals surface area contributed by atoms with E-state index in [1.807, 2.05) is 32.3 Å². The van der Waals surface area contributed by atoms with E-state index in [9.17, 15) is 4.79 Å². The zero-order chi connectivity index (χ0) is 21.7. The highest BCUT2D eigenvalue weighted by Gasteiger charge is 2.21. The topological polar surface area (TPSA) is 54.9 Å². The lowest BCUT2D eigenvalue weighted by atomic mass is 10.3. The van der Waals surface area contributed by atoms with Crippen LogP contribution in [-0.4, -0.2) is 56.7 Å². The Labute approximate surface area is 189 Å². The standard InChI is InChI=1S/C21H23Cl2N3O3S/c1-25(2)9-4-10-26(20(27)13-29-18-7-5-14(22)11-16(18)23)21-24-17-12-15(28-3)6-8-19(17)30-21/h5-8,11-12H,4,9-10,13H2,1-3H3. The van der Waals surface area contributed by atoms with E-state index >= 15 is 0 Å². The van der Waals surface area contributed by atoms with Crippen LogP contribution in [0, 0.1) is 0 Å². The lowest BCUT2D eigenvalue weighted by Crippen LogP contribution is -2.36. The molecule has 0 spiro atoms. The van der Waals surface area contributed by atoms with Gasteiger partial charge in [-0.05, 0) is 57.4 Å². The SMILES string of the molecule is COc1ccc2sc(N(CCCN(C)C)C(=O)COc3ccc(Cl)cc3Cl)nc2c1. The molecule has 2 aromatic carbocycles. The smallest absolute Gasteiger partial charge is 0.266 e. The number of benzene rings is 2. The number of fused-ring (bicyclic) bond motifs is 1. The van der Waals surface area contributed by atoms with Crippen molar-refractivity contribution in [2.24, 2.45) is 0 Å². The van der Waals surface area contributed by atoms with Crippen molar-refractivity contribution < 1.29 is 14.3 Å². The molecule has 1 amide bonds. The highest BCUT2D eigenvalue weighted by molar-refractivity contribution is 7.22. The Morgan fingerprint density at radius 1 is 1.13 bits per heavy atom. The number of anilines is 1. The van der Waals surface area contributed by atoms with Gasteiger partial charge in [0.25, 0.3) is 5.91 Å². The van der Waals surface area contributed by atoms with Crippen molar-refractivity contribution in [3.8, 4) is 11.5 Å². The molecule has 1 heterocycles. The van der Waals surface area contributed by atoms with E-state index in [4.69, 9.17) is 32.7 Å². The average Bonchev–Trinajstić information content (AvgIpc) is 3.12. The number of hydrogen-bond acceptors (Lipinski definition) is 6. The maximum Gasteiger partial charge on any atom is 0.266 e. The van der Waals surface area contributed by atoms with Crippen molar-refractivity contribution in [2.45, 2.75) is 6.42 Å². The van der Waals surface area contributed by atoms with Gasteiger partial charge in [0.2, 0.25) is 0 Å². The molecule has 0 aliphatic carbocycles. The highest BCUT2D eigenvalue weighted by atomic mass is 35.5. The van der Waals surface area contributed by atoms with E-state index in [-0.39, 0.29) is 12.5 Å². The quantitative estimate of drug-likeness (QED) is 0.444. The van der Waals surface area contributed by atoms with Crippen molar-refractivity contribution in [3.05, 3.63) is 46.4 Å². The minimum atomic E-state index is -0.189. The number of carbonyl (C=O) groups is 1. The number of halogens is 2. The second-order valence-corrected chi connectivity index (χ2v) is 8.75. The first-order valence-electron chi connectivity index (χ1n) is 9.35. The average molecular weight is 468 g/mol. The Balaban J connectivity index is 1.79. The summed E-state index contributed by atoms with van der Waals surface area (Å²) in [7, 11) is 5.62. The van der Waals surface area contributed by atoms with Gasteiger partial charge in [0.1, 0.15) is 11.5 Å². The maximum absolute atomic E-state index is 13.0. The third-order valence-electron chi connectivity index (χ3n) is 4.35. The first-order valence-corrected chi connectivity index (χ1v) is 10.9. The second kappa shape index (κ2) is 10.3. The van der Waals surface area contributed by atoms with Gasteiger partial charge in [-0.25, -0.2) is 4.98 Å². The van der Waals surface area contributed by atoms with Gasteiger partial charge < -0.3 is 14.4 Å². The molecule has 6 nitrogen and oxygen atoms in total. The molecule has 3 rings (SSSR count). The molecule has 0 unspecified atom stereocenters. The number of amides is 1.